The van der Waals surface area contributed by atoms with Gasteiger partial charge in [0, 0.05) is 11.1 Å². The predicted octanol–water partition coefficient (Wildman–Crippen LogP) is 6.60. The topological polar surface area (TPSA) is 19.4 Å². The molecule has 0 radical (unpaired) electrons. The molecule has 2 bridgehead atoms. The molecule has 0 aliphatic carbocycles. The van der Waals surface area contributed by atoms with Crippen LogP contribution < -0.4 is 0 Å². The molecule has 0 N–H and O–H groups in total. The lowest BCUT2D eigenvalue weighted by atomic mass is 9.76. The van der Waals surface area contributed by atoms with Crippen LogP contribution in [0.3, 0.4) is 0 Å². The molecule has 3 nitrogen and oxygen atoms in total. The van der Waals surface area contributed by atoms with Gasteiger partial charge >= 0.3 is 0 Å². The van der Waals surface area contributed by atoms with Crippen molar-refractivity contribution in [3.63, 3.8) is 0 Å². The largest absolute Gasteiger partial charge is 0.282 e. The lowest BCUT2D eigenvalue weighted by molar-refractivity contribution is -0.0325. The average molecular weight is 422 g/mol. The van der Waals surface area contributed by atoms with E-state index in [2.05, 4.69) is 107 Å². The smallest absolute Gasteiger partial charge is 0.0744 e. The maximum atomic E-state index is 5.48. The van der Waals surface area contributed by atoms with E-state index in [0.29, 0.717) is 0 Å². The number of fused-ring (bicyclic) bond motifs is 4. The number of hydrogen-bond acceptors (Lipinski definition) is 3. The monoisotopic (exact) mass is 421 g/mol. The fraction of sp³-hybridized carbons (Fsp3) is 0.607. The first kappa shape index (κ1) is 23.9. The third-order valence-corrected chi connectivity index (χ3v) is 9.06. The van der Waals surface area contributed by atoms with E-state index >= 15 is 0 Å². The summed E-state index contributed by atoms with van der Waals surface area (Å²) < 4.78 is 0. The van der Waals surface area contributed by atoms with Crippen LogP contribution in [0.25, 0.3) is 11.3 Å². The van der Waals surface area contributed by atoms with Gasteiger partial charge in [-0.05, 0) is 142 Å². The highest BCUT2D eigenvalue weighted by Gasteiger charge is 2.42. The number of rotatable bonds is 0. The summed E-state index contributed by atoms with van der Waals surface area (Å²) in [7, 11) is 4.52. The first-order chi connectivity index (χ1) is 14.1. The summed E-state index contributed by atoms with van der Waals surface area (Å²) in [5.41, 5.74) is 14.3. The molecule has 1 aliphatic rings. The molecule has 2 heterocycles. The van der Waals surface area contributed by atoms with Gasteiger partial charge in [0.2, 0.25) is 0 Å². The molecule has 3 rings (SSSR count). The van der Waals surface area contributed by atoms with Crippen molar-refractivity contribution in [1.29, 1.82) is 0 Å². The highest BCUT2D eigenvalue weighted by atomic mass is 15.4. The fourth-order valence-corrected chi connectivity index (χ4v) is 5.67. The Kier molecular flexibility index (Phi) is 5.73. The molecular weight excluding hydrogens is 378 g/mol. The predicted molar refractivity (Wildman–Crippen MR) is 134 cm³/mol. The summed E-state index contributed by atoms with van der Waals surface area (Å²) in [5, 5.41) is 0. The van der Waals surface area contributed by atoms with E-state index in [9.17, 15) is 0 Å². The second kappa shape index (κ2) is 7.42. The summed E-state index contributed by atoms with van der Waals surface area (Å²) in [5.74, 6) is 0. The molecule has 1 aliphatic heterocycles. The van der Waals surface area contributed by atoms with Crippen molar-refractivity contribution in [2.24, 2.45) is 0 Å². The normalized spacial score (nSPS) is 21.2. The molecule has 2 aromatic rings. The maximum Gasteiger partial charge on any atom is 0.0744 e. The molecule has 3 heteroatoms. The Morgan fingerprint density at radius 2 is 1.06 bits per heavy atom. The Morgan fingerprint density at radius 1 is 0.613 bits per heavy atom. The van der Waals surface area contributed by atoms with Crippen molar-refractivity contribution in [1.82, 2.24) is 14.8 Å². The van der Waals surface area contributed by atoms with Crippen LogP contribution in [0.1, 0.15) is 84.8 Å². The molecule has 0 amide bonds. The number of hydrogen-bond donors (Lipinski definition) is 0. The minimum atomic E-state index is -0.193. The van der Waals surface area contributed by atoms with Crippen molar-refractivity contribution >= 4 is 0 Å². The third kappa shape index (κ3) is 3.19. The molecular formula is C28H43N3. The van der Waals surface area contributed by atoms with Crippen LogP contribution in [0, 0.1) is 48.5 Å². The van der Waals surface area contributed by atoms with E-state index in [1.54, 1.807) is 0 Å². The van der Waals surface area contributed by atoms with Gasteiger partial charge in [-0.1, -0.05) is 0 Å². The summed E-state index contributed by atoms with van der Waals surface area (Å²) in [4.78, 5) is 10.5. The Labute approximate surface area is 190 Å². The summed E-state index contributed by atoms with van der Waals surface area (Å²) in [6.45, 7) is 27.6. The van der Waals surface area contributed by atoms with Gasteiger partial charge in [-0.15, -0.1) is 0 Å². The molecule has 1 atom stereocenters. The van der Waals surface area contributed by atoms with Gasteiger partial charge in [0.15, 0.2) is 0 Å². The van der Waals surface area contributed by atoms with E-state index in [0.717, 1.165) is 5.69 Å². The first-order valence-corrected chi connectivity index (χ1v) is 11.6. The minimum Gasteiger partial charge on any atom is -0.282 e. The molecule has 0 spiro atoms. The SMILES string of the molecule is Cc1c2nc(c(C)c1C)C(C)(C)N(C)C(C)N(C)C(C)(C)c1c(C)c(C)c(C)c(C)c1-2. The highest BCUT2D eigenvalue weighted by Crippen LogP contribution is 2.46. The van der Waals surface area contributed by atoms with E-state index < -0.39 is 0 Å². The standard InChI is InChI=1S/C28H43N3/c1-15-16(2)19(5)24-23(18(15)4)25-20(6)17(3)21(7)26(29-25)28(11,12)31(14)22(8)30(13)27(24,9)10/h22H,1-14H3. The van der Waals surface area contributed by atoms with Gasteiger partial charge < -0.3 is 0 Å². The van der Waals surface area contributed by atoms with Gasteiger partial charge in [-0.25, -0.2) is 0 Å². The minimum absolute atomic E-state index is 0.156. The van der Waals surface area contributed by atoms with Crippen molar-refractivity contribution < 1.29 is 0 Å². The van der Waals surface area contributed by atoms with E-state index in [4.69, 9.17) is 4.98 Å². The van der Waals surface area contributed by atoms with E-state index in [-0.39, 0.29) is 17.2 Å². The summed E-state index contributed by atoms with van der Waals surface area (Å²) >= 11 is 0. The van der Waals surface area contributed by atoms with Crippen LogP contribution in [0.5, 0.6) is 0 Å². The van der Waals surface area contributed by atoms with Crippen LogP contribution in [0.2, 0.25) is 0 Å². The molecule has 0 saturated carbocycles. The van der Waals surface area contributed by atoms with Crippen molar-refractivity contribution in [2.45, 2.75) is 100 Å². The second-order valence-corrected chi connectivity index (χ2v) is 10.9. The van der Waals surface area contributed by atoms with Gasteiger partial charge in [0.1, 0.15) is 0 Å². The van der Waals surface area contributed by atoms with Crippen molar-refractivity contribution in [3.8, 4) is 11.3 Å². The zero-order valence-corrected chi connectivity index (χ0v) is 22.4. The first-order valence-electron chi connectivity index (χ1n) is 11.6. The highest BCUT2D eigenvalue weighted by molar-refractivity contribution is 5.77. The lowest BCUT2D eigenvalue weighted by Gasteiger charge is -2.50. The van der Waals surface area contributed by atoms with Crippen molar-refractivity contribution in [2.75, 3.05) is 14.1 Å². The molecule has 31 heavy (non-hydrogen) atoms. The van der Waals surface area contributed by atoms with Gasteiger partial charge in [0.25, 0.3) is 0 Å². The zero-order chi connectivity index (χ0) is 23.8. The number of nitrogens with zero attached hydrogens (tertiary/aromatic N) is 3. The molecule has 1 unspecified atom stereocenters. The van der Waals surface area contributed by atoms with E-state index in [1.807, 2.05) is 0 Å². The quantitative estimate of drug-likeness (QED) is 0.477. The van der Waals surface area contributed by atoms with Crippen LogP contribution in [-0.2, 0) is 11.1 Å². The van der Waals surface area contributed by atoms with Gasteiger partial charge in [-0.2, -0.15) is 0 Å². The number of benzene rings is 1. The average Bonchev–Trinajstić information content (AvgIpc) is 2.70. The number of pyridine rings is 1. The Bertz CT molecular complexity index is 1060. The second-order valence-electron chi connectivity index (χ2n) is 10.9. The summed E-state index contributed by atoms with van der Waals surface area (Å²) in [6, 6.07) is 0. The Balaban J connectivity index is 2.66. The van der Waals surface area contributed by atoms with Gasteiger partial charge in [-0.3, -0.25) is 14.8 Å². The molecule has 0 fully saturated rings. The summed E-state index contributed by atoms with van der Waals surface area (Å²) in [6.07, 6.45) is 0.239. The third-order valence-electron chi connectivity index (χ3n) is 9.06. The van der Waals surface area contributed by atoms with E-state index in [1.165, 1.54) is 55.8 Å². The van der Waals surface area contributed by atoms with Crippen LogP contribution >= 0.6 is 0 Å². The van der Waals surface area contributed by atoms with Crippen LogP contribution in [0.4, 0.5) is 0 Å². The lowest BCUT2D eigenvalue weighted by Crippen LogP contribution is -2.56. The van der Waals surface area contributed by atoms with Gasteiger partial charge in [0.05, 0.1) is 23.1 Å². The fourth-order valence-electron chi connectivity index (χ4n) is 5.67. The zero-order valence-electron chi connectivity index (χ0n) is 22.4. The van der Waals surface area contributed by atoms with Crippen LogP contribution in [0.15, 0.2) is 0 Å². The Hall–Kier alpha value is -1.71. The molecule has 1 aromatic carbocycles. The number of aromatic nitrogens is 1. The molecule has 1 aromatic heterocycles. The molecule has 0 saturated heterocycles. The Morgan fingerprint density at radius 3 is 1.61 bits per heavy atom. The molecule has 170 valence electrons. The van der Waals surface area contributed by atoms with Crippen LogP contribution in [-0.4, -0.2) is 35.0 Å². The maximum absolute atomic E-state index is 5.48. The van der Waals surface area contributed by atoms with Crippen molar-refractivity contribution in [3.05, 3.63) is 50.2 Å².